The summed E-state index contributed by atoms with van der Waals surface area (Å²) in [4.78, 5) is 10.7. The van der Waals surface area contributed by atoms with Crippen LogP contribution in [-0.2, 0) is 5.41 Å². The SMILES string of the molecule is c1ccc(-c2nc(-c3cccc(-c4ccc5c(c4)-c4ccccc4C5(c4ccccc4)c4ccccc4)c3)nc3ccc4sc5ccccc5c4c23)cc1. The molecule has 2 heterocycles. The molecule has 0 saturated carbocycles. The van der Waals surface area contributed by atoms with Crippen molar-refractivity contribution in [3.05, 3.63) is 216 Å². The molecular formula is C51H32N2S. The zero-order chi connectivity index (χ0) is 35.6. The van der Waals surface area contributed by atoms with E-state index in [1.165, 1.54) is 53.6 Å². The second-order valence-corrected chi connectivity index (χ2v) is 15.1. The summed E-state index contributed by atoms with van der Waals surface area (Å²) in [7, 11) is 0. The molecule has 252 valence electrons. The fourth-order valence-corrected chi connectivity index (χ4v) is 9.95. The first-order chi connectivity index (χ1) is 26.8. The number of aromatic nitrogens is 2. The molecule has 0 bridgehead atoms. The lowest BCUT2D eigenvalue weighted by Crippen LogP contribution is -2.28. The van der Waals surface area contributed by atoms with E-state index in [4.69, 9.17) is 9.97 Å². The maximum absolute atomic E-state index is 5.38. The van der Waals surface area contributed by atoms with E-state index in [2.05, 4.69) is 194 Å². The minimum atomic E-state index is -0.416. The average Bonchev–Trinajstić information content (AvgIpc) is 3.78. The third-order valence-corrected chi connectivity index (χ3v) is 12.3. The van der Waals surface area contributed by atoms with Crippen molar-refractivity contribution in [2.24, 2.45) is 0 Å². The Hall–Kier alpha value is -6.68. The predicted octanol–water partition coefficient (Wildman–Crippen LogP) is 13.4. The molecule has 11 rings (SSSR count). The standard InChI is InChI=1S/C51H32N2S/c1-4-15-33(16-5-1)49-48-44(29-30-46-47(48)40-24-11-13-26-45(40)54-46)52-50(53-49)36-18-14-17-34(31-36)35-27-28-43-41(32-35)39-23-10-12-25-42(39)51(43,37-19-6-2-7-20-37)38-21-8-3-9-22-38/h1-32H. The van der Waals surface area contributed by atoms with Gasteiger partial charge in [0.1, 0.15) is 0 Å². The van der Waals surface area contributed by atoms with Gasteiger partial charge in [0.05, 0.1) is 16.6 Å². The van der Waals surface area contributed by atoms with Gasteiger partial charge in [-0.25, -0.2) is 9.97 Å². The van der Waals surface area contributed by atoms with Crippen LogP contribution in [0.3, 0.4) is 0 Å². The van der Waals surface area contributed by atoms with Crippen molar-refractivity contribution in [1.82, 2.24) is 9.97 Å². The Bertz CT molecular complexity index is 3000. The van der Waals surface area contributed by atoms with Crippen LogP contribution in [0.2, 0.25) is 0 Å². The van der Waals surface area contributed by atoms with E-state index in [9.17, 15) is 0 Å². The molecule has 2 nitrogen and oxygen atoms in total. The Morgan fingerprint density at radius 2 is 1.02 bits per heavy atom. The topological polar surface area (TPSA) is 25.8 Å². The van der Waals surface area contributed by atoms with Crippen LogP contribution in [0.15, 0.2) is 194 Å². The molecule has 0 spiro atoms. The van der Waals surface area contributed by atoms with Gasteiger partial charge in [0.25, 0.3) is 0 Å². The largest absolute Gasteiger partial charge is 0.228 e. The van der Waals surface area contributed by atoms with E-state index in [1.807, 2.05) is 11.3 Å². The second kappa shape index (κ2) is 12.2. The summed E-state index contributed by atoms with van der Waals surface area (Å²) in [5, 5.41) is 3.58. The Balaban J connectivity index is 1.09. The van der Waals surface area contributed by atoms with Gasteiger partial charge in [-0.3, -0.25) is 0 Å². The molecule has 8 aromatic carbocycles. The highest BCUT2D eigenvalue weighted by Gasteiger charge is 2.45. The number of thiophene rings is 1. The highest BCUT2D eigenvalue weighted by molar-refractivity contribution is 7.26. The molecule has 10 aromatic rings. The van der Waals surface area contributed by atoms with E-state index in [0.717, 1.165) is 44.7 Å². The van der Waals surface area contributed by atoms with E-state index < -0.39 is 5.41 Å². The van der Waals surface area contributed by atoms with Crippen molar-refractivity contribution in [3.63, 3.8) is 0 Å². The van der Waals surface area contributed by atoms with E-state index >= 15 is 0 Å². The summed E-state index contributed by atoms with van der Waals surface area (Å²) < 4.78 is 2.53. The average molecular weight is 705 g/mol. The molecule has 0 aliphatic heterocycles. The van der Waals surface area contributed by atoms with Crippen LogP contribution >= 0.6 is 11.3 Å². The molecule has 0 N–H and O–H groups in total. The molecular weight excluding hydrogens is 673 g/mol. The number of rotatable bonds is 5. The van der Waals surface area contributed by atoms with Crippen LogP contribution in [-0.4, -0.2) is 9.97 Å². The van der Waals surface area contributed by atoms with Crippen molar-refractivity contribution in [3.8, 4) is 44.9 Å². The van der Waals surface area contributed by atoms with Crippen molar-refractivity contribution < 1.29 is 0 Å². The highest BCUT2D eigenvalue weighted by atomic mass is 32.1. The van der Waals surface area contributed by atoms with Gasteiger partial charge in [0.2, 0.25) is 0 Å². The van der Waals surface area contributed by atoms with Gasteiger partial charge in [-0.1, -0.05) is 164 Å². The van der Waals surface area contributed by atoms with E-state index in [0.29, 0.717) is 0 Å². The number of hydrogen-bond acceptors (Lipinski definition) is 3. The minimum Gasteiger partial charge on any atom is -0.228 e. The van der Waals surface area contributed by atoms with Crippen molar-refractivity contribution in [2.45, 2.75) is 5.41 Å². The maximum Gasteiger partial charge on any atom is 0.160 e. The monoisotopic (exact) mass is 704 g/mol. The molecule has 0 saturated heterocycles. The lowest BCUT2D eigenvalue weighted by molar-refractivity contribution is 0.768. The number of fused-ring (bicyclic) bond motifs is 8. The lowest BCUT2D eigenvalue weighted by Gasteiger charge is -2.33. The first kappa shape index (κ1) is 30.9. The van der Waals surface area contributed by atoms with Gasteiger partial charge >= 0.3 is 0 Å². The minimum absolute atomic E-state index is 0.416. The van der Waals surface area contributed by atoms with Crippen LogP contribution in [0.1, 0.15) is 22.3 Å². The van der Waals surface area contributed by atoms with Crippen LogP contribution < -0.4 is 0 Å². The van der Waals surface area contributed by atoms with Gasteiger partial charge in [-0.15, -0.1) is 11.3 Å². The van der Waals surface area contributed by atoms with Crippen molar-refractivity contribution in [1.29, 1.82) is 0 Å². The fraction of sp³-hybridized carbons (Fsp3) is 0.0196. The number of hydrogen-bond donors (Lipinski definition) is 0. The summed E-state index contributed by atoms with van der Waals surface area (Å²) >= 11 is 1.83. The second-order valence-electron chi connectivity index (χ2n) is 14.1. The molecule has 2 aromatic heterocycles. The molecule has 1 aliphatic rings. The van der Waals surface area contributed by atoms with Crippen LogP contribution in [0.5, 0.6) is 0 Å². The first-order valence-electron chi connectivity index (χ1n) is 18.4. The smallest absolute Gasteiger partial charge is 0.160 e. The molecule has 0 atom stereocenters. The Morgan fingerprint density at radius 1 is 0.389 bits per heavy atom. The first-order valence-corrected chi connectivity index (χ1v) is 19.2. The van der Waals surface area contributed by atoms with Gasteiger partial charge in [0, 0.05) is 36.7 Å². The van der Waals surface area contributed by atoms with Gasteiger partial charge < -0.3 is 0 Å². The fourth-order valence-electron chi connectivity index (χ4n) is 8.84. The molecule has 54 heavy (non-hydrogen) atoms. The molecule has 1 aliphatic carbocycles. The quantitative estimate of drug-likeness (QED) is 0.178. The van der Waals surface area contributed by atoms with Crippen LogP contribution in [0, 0.1) is 0 Å². The zero-order valence-electron chi connectivity index (χ0n) is 29.3. The predicted molar refractivity (Wildman–Crippen MR) is 226 cm³/mol. The number of nitrogens with zero attached hydrogens (tertiary/aromatic N) is 2. The molecule has 0 fully saturated rings. The van der Waals surface area contributed by atoms with Gasteiger partial charge in [-0.05, 0) is 74.8 Å². The third kappa shape index (κ3) is 4.59. The summed E-state index contributed by atoms with van der Waals surface area (Å²) in [6.07, 6.45) is 0. The normalized spacial score (nSPS) is 13.0. The summed E-state index contributed by atoms with van der Waals surface area (Å²) in [6.45, 7) is 0. The number of benzene rings is 8. The van der Waals surface area contributed by atoms with Gasteiger partial charge in [0.15, 0.2) is 5.82 Å². The van der Waals surface area contributed by atoms with E-state index in [-0.39, 0.29) is 0 Å². The Labute approximate surface area is 317 Å². The van der Waals surface area contributed by atoms with E-state index in [1.54, 1.807) is 0 Å². The van der Waals surface area contributed by atoms with Crippen molar-refractivity contribution >= 4 is 42.4 Å². The lowest BCUT2D eigenvalue weighted by atomic mass is 9.67. The summed E-state index contributed by atoms with van der Waals surface area (Å²) in [5.74, 6) is 0.723. The maximum atomic E-state index is 5.38. The van der Waals surface area contributed by atoms with Crippen LogP contribution in [0.25, 0.3) is 76.0 Å². The Kier molecular flexibility index (Phi) is 6.98. The molecule has 0 unspecified atom stereocenters. The molecule has 3 heteroatoms. The highest BCUT2D eigenvalue weighted by Crippen LogP contribution is 2.56. The zero-order valence-corrected chi connectivity index (χ0v) is 30.1. The summed E-state index contributed by atoms with van der Waals surface area (Å²) in [5.41, 5.74) is 13.6. The Morgan fingerprint density at radius 3 is 1.81 bits per heavy atom. The molecule has 0 radical (unpaired) electrons. The third-order valence-electron chi connectivity index (χ3n) is 11.2. The van der Waals surface area contributed by atoms with Crippen LogP contribution in [0.4, 0.5) is 0 Å². The van der Waals surface area contributed by atoms with Gasteiger partial charge in [-0.2, -0.15) is 0 Å². The molecule has 0 amide bonds. The summed E-state index contributed by atoms with van der Waals surface area (Å²) in [6, 6.07) is 70.2. The van der Waals surface area contributed by atoms with Crippen molar-refractivity contribution in [2.75, 3.05) is 0 Å².